The molecule has 0 aliphatic heterocycles. The van der Waals surface area contributed by atoms with Crippen molar-refractivity contribution in [2.45, 2.75) is 73.6 Å². The van der Waals surface area contributed by atoms with E-state index in [9.17, 15) is 5.11 Å². The lowest BCUT2D eigenvalue weighted by molar-refractivity contribution is 0.163. The van der Waals surface area contributed by atoms with Gasteiger partial charge in [-0.2, -0.15) is 0 Å². The first kappa shape index (κ1) is 15.4. The number of thioether (sulfide) groups is 1. The fourth-order valence-corrected chi connectivity index (χ4v) is 4.60. The fourth-order valence-electron chi connectivity index (χ4n) is 3.28. The molecule has 3 heteroatoms. The zero-order valence-corrected chi connectivity index (χ0v) is 14.0. The molecule has 21 heavy (non-hydrogen) atoms. The molecule has 2 N–H and O–H groups in total. The predicted octanol–water partition coefficient (Wildman–Crippen LogP) is 3.94. The molecule has 2 atom stereocenters. The van der Waals surface area contributed by atoms with Crippen molar-refractivity contribution in [1.29, 1.82) is 0 Å². The summed E-state index contributed by atoms with van der Waals surface area (Å²) in [5.74, 6) is 0.598. The maximum atomic E-state index is 9.80. The minimum Gasteiger partial charge on any atom is -0.394 e. The van der Waals surface area contributed by atoms with Gasteiger partial charge in [0.05, 0.1) is 6.61 Å². The van der Waals surface area contributed by atoms with Crippen LogP contribution in [0, 0.1) is 0 Å². The van der Waals surface area contributed by atoms with Gasteiger partial charge in [-0.15, -0.1) is 11.8 Å². The van der Waals surface area contributed by atoms with E-state index in [1.807, 2.05) is 11.8 Å². The molecule has 0 spiro atoms. The maximum Gasteiger partial charge on any atom is 0.0613 e. The van der Waals surface area contributed by atoms with Crippen LogP contribution in [-0.2, 0) is 0 Å². The molecule has 2 fully saturated rings. The van der Waals surface area contributed by atoms with Crippen LogP contribution in [0.1, 0.15) is 57.4 Å². The molecule has 0 heterocycles. The summed E-state index contributed by atoms with van der Waals surface area (Å²) < 4.78 is 0. The molecule has 2 saturated carbocycles. The Bertz CT molecular complexity index is 469. The summed E-state index contributed by atoms with van der Waals surface area (Å²) in [6, 6.07) is 9.69. The van der Waals surface area contributed by atoms with Crippen LogP contribution in [0.4, 0.5) is 0 Å². The van der Waals surface area contributed by atoms with E-state index < -0.39 is 0 Å². The Kier molecular flexibility index (Phi) is 4.63. The van der Waals surface area contributed by atoms with Crippen LogP contribution in [0.2, 0.25) is 0 Å². The number of rotatable bonds is 6. The lowest BCUT2D eigenvalue weighted by atomic mass is 9.99. The molecule has 0 saturated heterocycles. The van der Waals surface area contributed by atoms with Crippen molar-refractivity contribution in [2.24, 2.45) is 0 Å². The molecular weight excluding hydrogens is 278 g/mol. The molecule has 2 aliphatic rings. The van der Waals surface area contributed by atoms with Crippen molar-refractivity contribution in [2.75, 3.05) is 6.61 Å². The van der Waals surface area contributed by atoms with Crippen LogP contribution in [-0.4, -0.2) is 28.5 Å². The number of hydrogen-bond donors (Lipinski definition) is 2. The smallest absolute Gasteiger partial charge is 0.0613 e. The third kappa shape index (κ3) is 3.82. The second kappa shape index (κ2) is 6.31. The van der Waals surface area contributed by atoms with Gasteiger partial charge < -0.3 is 10.4 Å². The van der Waals surface area contributed by atoms with E-state index in [0.29, 0.717) is 17.2 Å². The van der Waals surface area contributed by atoms with E-state index >= 15 is 0 Å². The summed E-state index contributed by atoms with van der Waals surface area (Å²) in [6.45, 7) is 4.75. The molecule has 1 aromatic rings. The van der Waals surface area contributed by atoms with Gasteiger partial charge in [-0.1, -0.05) is 26.0 Å². The zero-order valence-electron chi connectivity index (χ0n) is 13.1. The highest BCUT2D eigenvalue weighted by Crippen LogP contribution is 2.41. The van der Waals surface area contributed by atoms with E-state index in [2.05, 4.69) is 43.4 Å². The topological polar surface area (TPSA) is 32.3 Å². The predicted molar refractivity (Wildman–Crippen MR) is 90.0 cm³/mol. The van der Waals surface area contributed by atoms with E-state index in [1.54, 1.807) is 0 Å². The molecule has 0 radical (unpaired) electrons. The summed E-state index contributed by atoms with van der Waals surface area (Å²) in [7, 11) is 0. The second-order valence-corrected chi connectivity index (χ2v) is 8.44. The number of aliphatic hydroxyl groups is 1. The van der Waals surface area contributed by atoms with Gasteiger partial charge in [0.25, 0.3) is 0 Å². The molecule has 0 bridgehead atoms. The Balaban J connectivity index is 1.58. The molecule has 2 nitrogen and oxygen atoms in total. The highest BCUT2D eigenvalue weighted by molar-refractivity contribution is 8.00. The maximum absolute atomic E-state index is 9.80. The van der Waals surface area contributed by atoms with Gasteiger partial charge in [0.15, 0.2) is 0 Å². The van der Waals surface area contributed by atoms with Crippen LogP contribution >= 0.6 is 11.8 Å². The van der Waals surface area contributed by atoms with Gasteiger partial charge in [0, 0.05) is 21.7 Å². The third-order valence-electron chi connectivity index (χ3n) is 4.80. The molecule has 3 rings (SSSR count). The molecule has 2 aliphatic carbocycles. The first-order chi connectivity index (χ1) is 10.1. The highest BCUT2D eigenvalue weighted by Gasteiger charge is 2.42. The summed E-state index contributed by atoms with van der Waals surface area (Å²) in [4.78, 5) is 1.37. The lowest BCUT2D eigenvalue weighted by Gasteiger charge is -2.28. The van der Waals surface area contributed by atoms with Gasteiger partial charge in [-0.05, 0) is 55.7 Å². The lowest BCUT2D eigenvalue weighted by Crippen LogP contribution is -2.47. The number of nitrogens with one attached hydrogen (secondary N) is 1. The minimum atomic E-state index is -0.00327. The van der Waals surface area contributed by atoms with Gasteiger partial charge >= 0.3 is 0 Å². The van der Waals surface area contributed by atoms with E-state index in [1.165, 1.54) is 29.7 Å². The number of benzene rings is 1. The molecule has 0 amide bonds. The fraction of sp³-hybridized carbons (Fsp3) is 0.667. The van der Waals surface area contributed by atoms with Crippen LogP contribution in [0.3, 0.4) is 0 Å². The Morgan fingerprint density at radius 1 is 1.24 bits per heavy atom. The Morgan fingerprint density at radius 3 is 2.52 bits per heavy atom. The van der Waals surface area contributed by atoms with E-state index in [-0.39, 0.29) is 12.1 Å². The van der Waals surface area contributed by atoms with Crippen molar-refractivity contribution >= 4 is 11.8 Å². The molecule has 0 aromatic heterocycles. The van der Waals surface area contributed by atoms with Crippen LogP contribution in [0.15, 0.2) is 29.2 Å². The summed E-state index contributed by atoms with van der Waals surface area (Å²) in [5.41, 5.74) is 1.40. The largest absolute Gasteiger partial charge is 0.394 e. The van der Waals surface area contributed by atoms with Crippen LogP contribution in [0.5, 0.6) is 0 Å². The van der Waals surface area contributed by atoms with Crippen LogP contribution in [0.25, 0.3) is 0 Å². The molecular formula is C18H27NOS. The Hall–Kier alpha value is -0.510. The Labute approximate surface area is 132 Å². The van der Waals surface area contributed by atoms with Crippen molar-refractivity contribution in [3.63, 3.8) is 0 Å². The standard InChI is InChI=1S/C18H27NOS/c1-13(2)14-3-7-16(8-4-14)21-17-9-10-18(11-17,12-20)19-15-5-6-15/h3-4,7-8,13,15,17,19-20H,5-6,9-12H2,1-2H3. The van der Waals surface area contributed by atoms with Crippen LogP contribution < -0.4 is 5.32 Å². The molecule has 2 unspecified atom stereocenters. The average Bonchev–Trinajstić information content (AvgIpc) is 3.20. The van der Waals surface area contributed by atoms with Crippen molar-refractivity contribution in [1.82, 2.24) is 5.32 Å². The minimum absolute atomic E-state index is 0.00327. The zero-order chi connectivity index (χ0) is 14.9. The SMILES string of the molecule is CC(C)c1ccc(SC2CCC(CO)(NC3CC3)C2)cc1. The molecule has 116 valence electrons. The van der Waals surface area contributed by atoms with Crippen molar-refractivity contribution in [3.05, 3.63) is 29.8 Å². The third-order valence-corrected chi connectivity index (χ3v) is 6.08. The van der Waals surface area contributed by atoms with Crippen molar-refractivity contribution in [3.8, 4) is 0 Å². The van der Waals surface area contributed by atoms with Gasteiger partial charge in [0.1, 0.15) is 0 Å². The highest BCUT2D eigenvalue weighted by atomic mass is 32.2. The first-order valence-corrected chi connectivity index (χ1v) is 9.13. The quantitative estimate of drug-likeness (QED) is 0.835. The summed E-state index contributed by atoms with van der Waals surface area (Å²) in [5, 5.41) is 14.1. The first-order valence-electron chi connectivity index (χ1n) is 8.25. The van der Waals surface area contributed by atoms with Gasteiger partial charge in [-0.25, -0.2) is 0 Å². The monoisotopic (exact) mass is 305 g/mol. The summed E-state index contributed by atoms with van der Waals surface area (Å²) in [6.07, 6.45) is 5.99. The number of aliphatic hydroxyl groups excluding tert-OH is 1. The second-order valence-electron chi connectivity index (χ2n) is 7.06. The Morgan fingerprint density at radius 2 is 1.95 bits per heavy atom. The average molecular weight is 305 g/mol. The number of hydrogen-bond acceptors (Lipinski definition) is 3. The van der Waals surface area contributed by atoms with Gasteiger partial charge in [-0.3, -0.25) is 0 Å². The molecule has 1 aromatic carbocycles. The van der Waals surface area contributed by atoms with E-state index in [4.69, 9.17) is 0 Å². The van der Waals surface area contributed by atoms with Crippen molar-refractivity contribution < 1.29 is 5.11 Å². The normalized spacial score (nSPS) is 29.2. The van der Waals surface area contributed by atoms with E-state index in [0.717, 1.165) is 12.8 Å². The van der Waals surface area contributed by atoms with Gasteiger partial charge in [0.2, 0.25) is 0 Å². The summed E-state index contributed by atoms with van der Waals surface area (Å²) >= 11 is 1.99.